The molecular weight excluding hydrogens is 202 g/mol. The van der Waals surface area contributed by atoms with Crippen molar-refractivity contribution in [3.63, 3.8) is 0 Å². The predicted molar refractivity (Wildman–Crippen MR) is 65.7 cm³/mol. The second-order valence-electron chi connectivity index (χ2n) is 4.25. The van der Waals surface area contributed by atoms with Crippen LogP contribution in [0.4, 0.5) is 5.82 Å². The van der Waals surface area contributed by atoms with Gasteiger partial charge in [0.05, 0.1) is 6.61 Å². The standard InChI is InChI=1S/C12H21N3O/c1-9(2)7-10-8-12(13-3)15-11(14-10)5-6-16-4/h8-9H,5-7H2,1-4H3,(H,13,14,15). The fraction of sp³-hybridized carbons (Fsp3) is 0.667. The minimum Gasteiger partial charge on any atom is -0.384 e. The molecule has 0 bridgehead atoms. The van der Waals surface area contributed by atoms with Gasteiger partial charge in [-0.05, 0) is 12.3 Å². The Morgan fingerprint density at radius 2 is 2.12 bits per heavy atom. The van der Waals surface area contributed by atoms with E-state index < -0.39 is 0 Å². The first-order valence-electron chi connectivity index (χ1n) is 5.69. The molecule has 1 aromatic rings. The molecular formula is C12H21N3O. The van der Waals surface area contributed by atoms with Gasteiger partial charge in [0.25, 0.3) is 0 Å². The summed E-state index contributed by atoms with van der Waals surface area (Å²) < 4.78 is 5.04. The van der Waals surface area contributed by atoms with Gasteiger partial charge in [0.2, 0.25) is 0 Å². The Morgan fingerprint density at radius 3 is 2.69 bits per heavy atom. The number of anilines is 1. The zero-order valence-electron chi connectivity index (χ0n) is 10.6. The van der Waals surface area contributed by atoms with Crippen LogP contribution >= 0.6 is 0 Å². The molecule has 4 heteroatoms. The molecule has 0 amide bonds. The van der Waals surface area contributed by atoms with Crippen LogP contribution in [0.15, 0.2) is 6.07 Å². The van der Waals surface area contributed by atoms with E-state index in [9.17, 15) is 0 Å². The Balaban J connectivity index is 2.82. The SMILES string of the molecule is CNc1cc(CC(C)C)nc(CCOC)n1. The zero-order valence-corrected chi connectivity index (χ0v) is 10.6. The van der Waals surface area contributed by atoms with Gasteiger partial charge in [0.15, 0.2) is 0 Å². The first-order chi connectivity index (χ1) is 7.65. The number of aromatic nitrogens is 2. The van der Waals surface area contributed by atoms with Crippen LogP contribution in [0.5, 0.6) is 0 Å². The van der Waals surface area contributed by atoms with Crippen molar-refractivity contribution in [3.8, 4) is 0 Å². The zero-order chi connectivity index (χ0) is 12.0. The molecule has 1 heterocycles. The molecule has 90 valence electrons. The van der Waals surface area contributed by atoms with Crippen molar-refractivity contribution in [1.82, 2.24) is 9.97 Å². The normalized spacial score (nSPS) is 10.8. The summed E-state index contributed by atoms with van der Waals surface area (Å²) in [5.41, 5.74) is 1.10. The molecule has 0 aliphatic rings. The fourth-order valence-corrected chi connectivity index (χ4v) is 1.51. The largest absolute Gasteiger partial charge is 0.384 e. The van der Waals surface area contributed by atoms with Gasteiger partial charge < -0.3 is 10.1 Å². The summed E-state index contributed by atoms with van der Waals surface area (Å²) in [4.78, 5) is 8.92. The van der Waals surface area contributed by atoms with E-state index in [-0.39, 0.29) is 0 Å². The Hall–Kier alpha value is -1.16. The van der Waals surface area contributed by atoms with Crippen LogP contribution in [0.2, 0.25) is 0 Å². The molecule has 0 radical (unpaired) electrons. The van der Waals surface area contributed by atoms with Gasteiger partial charge >= 0.3 is 0 Å². The molecule has 4 nitrogen and oxygen atoms in total. The Morgan fingerprint density at radius 1 is 1.38 bits per heavy atom. The third kappa shape index (κ3) is 4.14. The lowest BCUT2D eigenvalue weighted by molar-refractivity contribution is 0.200. The monoisotopic (exact) mass is 223 g/mol. The molecule has 1 N–H and O–H groups in total. The predicted octanol–water partition coefficient (Wildman–Crippen LogP) is 1.91. The van der Waals surface area contributed by atoms with E-state index in [1.54, 1.807) is 7.11 Å². The second kappa shape index (κ2) is 6.43. The number of rotatable bonds is 6. The highest BCUT2D eigenvalue weighted by Gasteiger charge is 2.05. The quantitative estimate of drug-likeness (QED) is 0.800. The third-order valence-corrected chi connectivity index (χ3v) is 2.23. The van der Waals surface area contributed by atoms with Gasteiger partial charge in [-0.3, -0.25) is 0 Å². The molecule has 0 atom stereocenters. The summed E-state index contributed by atoms with van der Waals surface area (Å²) in [5.74, 6) is 2.34. The summed E-state index contributed by atoms with van der Waals surface area (Å²) in [6.45, 7) is 5.04. The number of ether oxygens (including phenoxy) is 1. The van der Waals surface area contributed by atoms with E-state index in [1.807, 2.05) is 13.1 Å². The van der Waals surface area contributed by atoms with Crippen molar-refractivity contribution in [2.45, 2.75) is 26.7 Å². The van der Waals surface area contributed by atoms with Crippen LogP contribution < -0.4 is 5.32 Å². The van der Waals surface area contributed by atoms with Crippen molar-refractivity contribution in [1.29, 1.82) is 0 Å². The van der Waals surface area contributed by atoms with E-state index in [2.05, 4.69) is 29.1 Å². The van der Waals surface area contributed by atoms with E-state index >= 15 is 0 Å². The minimum absolute atomic E-state index is 0.606. The highest BCUT2D eigenvalue weighted by Crippen LogP contribution is 2.11. The summed E-state index contributed by atoms with van der Waals surface area (Å²) in [7, 11) is 3.57. The van der Waals surface area contributed by atoms with Gasteiger partial charge in [-0.15, -0.1) is 0 Å². The molecule has 1 aromatic heterocycles. The molecule has 16 heavy (non-hydrogen) atoms. The maximum absolute atomic E-state index is 5.04. The average Bonchev–Trinajstić information content (AvgIpc) is 2.25. The average molecular weight is 223 g/mol. The lowest BCUT2D eigenvalue weighted by Gasteiger charge is -2.09. The topological polar surface area (TPSA) is 47.0 Å². The Bertz CT molecular complexity index is 326. The third-order valence-electron chi connectivity index (χ3n) is 2.23. The lowest BCUT2D eigenvalue weighted by atomic mass is 10.1. The van der Waals surface area contributed by atoms with Crippen molar-refractivity contribution in [3.05, 3.63) is 17.6 Å². The lowest BCUT2D eigenvalue weighted by Crippen LogP contribution is -2.08. The van der Waals surface area contributed by atoms with Crippen LogP contribution in [-0.4, -0.2) is 30.7 Å². The van der Waals surface area contributed by atoms with E-state index in [0.717, 1.165) is 30.2 Å². The van der Waals surface area contributed by atoms with Gasteiger partial charge in [-0.2, -0.15) is 0 Å². The van der Waals surface area contributed by atoms with Crippen LogP contribution in [0.3, 0.4) is 0 Å². The number of nitrogens with zero attached hydrogens (tertiary/aromatic N) is 2. The van der Waals surface area contributed by atoms with Gasteiger partial charge in [-0.25, -0.2) is 9.97 Å². The van der Waals surface area contributed by atoms with Gasteiger partial charge in [0.1, 0.15) is 11.6 Å². The molecule has 0 aliphatic carbocycles. The number of hydrogen-bond acceptors (Lipinski definition) is 4. The minimum atomic E-state index is 0.606. The van der Waals surface area contributed by atoms with Crippen molar-refractivity contribution >= 4 is 5.82 Å². The second-order valence-corrected chi connectivity index (χ2v) is 4.25. The van der Waals surface area contributed by atoms with Crippen LogP contribution in [0, 0.1) is 5.92 Å². The molecule has 0 spiro atoms. The molecule has 0 saturated carbocycles. The van der Waals surface area contributed by atoms with Crippen LogP contribution in [0.25, 0.3) is 0 Å². The Kier molecular flexibility index (Phi) is 5.19. The summed E-state index contributed by atoms with van der Waals surface area (Å²) in [6, 6.07) is 2.01. The number of hydrogen-bond donors (Lipinski definition) is 1. The van der Waals surface area contributed by atoms with Crippen molar-refractivity contribution < 1.29 is 4.74 Å². The molecule has 0 aliphatic heterocycles. The van der Waals surface area contributed by atoms with Crippen LogP contribution in [-0.2, 0) is 17.6 Å². The highest BCUT2D eigenvalue weighted by molar-refractivity contribution is 5.35. The number of nitrogens with one attached hydrogen (secondary N) is 1. The Labute approximate surface area is 97.5 Å². The summed E-state index contributed by atoms with van der Waals surface area (Å²) in [5, 5.41) is 3.07. The van der Waals surface area contributed by atoms with E-state index in [0.29, 0.717) is 12.5 Å². The summed E-state index contributed by atoms with van der Waals surface area (Å²) in [6.07, 6.45) is 1.74. The number of methoxy groups -OCH3 is 1. The molecule has 0 saturated heterocycles. The fourth-order valence-electron chi connectivity index (χ4n) is 1.51. The van der Waals surface area contributed by atoms with E-state index in [1.165, 1.54) is 0 Å². The first-order valence-corrected chi connectivity index (χ1v) is 5.69. The maximum Gasteiger partial charge on any atom is 0.133 e. The summed E-state index contributed by atoms with van der Waals surface area (Å²) >= 11 is 0. The van der Waals surface area contributed by atoms with Crippen molar-refractivity contribution in [2.75, 3.05) is 26.1 Å². The van der Waals surface area contributed by atoms with Gasteiger partial charge in [-0.1, -0.05) is 13.8 Å². The first kappa shape index (κ1) is 12.9. The molecule has 0 fully saturated rings. The molecule has 1 rings (SSSR count). The van der Waals surface area contributed by atoms with Crippen LogP contribution in [0.1, 0.15) is 25.4 Å². The molecule has 0 unspecified atom stereocenters. The highest BCUT2D eigenvalue weighted by atomic mass is 16.5. The molecule has 0 aromatic carbocycles. The maximum atomic E-state index is 5.04. The van der Waals surface area contributed by atoms with Gasteiger partial charge in [0, 0.05) is 32.3 Å². The van der Waals surface area contributed by atoms with Crippen molar-refractivity contribution in [2.24, 2.45) is 5.92 Å². The smallest absolute Gasteiger partial charge is 0.133 e. The van der Waals surface area contributed by atoms with E-state index in [4.69, 9.17) is 4.74 Å².